The Labute approximate surface area is 146 Å². The van der Waals surface area contributed by atoms with Crippen LogP contribution in [-0.2, 0) is 0 Å². The first-order chi connectivity index (χ1) is 11.4. The summed E-state index contributed by atoms with van der Waals surface area (Å²) in [5, 5.41) is 6.53. The van der Waals surface area contributed by atoms with E-state index in [0.29, 0.717) is 0 Å². The Morgan fingerprint density at radius 2 is 1.43 bits per heavy atom. The van der Waals surface area contributed by atoms with Crippen molar-refractivity contribution in [1.29, 1.82) is 0 Å². The Morgan fingerprint density at radius 1 is 0.739 bits per heavy atom. The van der Waals surface area contributed by atoms with Gasteiger partial charge in [-0.1, -0.05) is 35.8 Å². The summed E-state index contributed by atoms with van der Waals surface area (Å²) in [5.41, 5.74) is 1.41. The van der Waals surface area contributed by atoms with E-state index in [2.05, 4.69) is 81.0 Å². The SMILES string of the molecule is C1=C(c2cccs2)[B-](c2cccs2)(c2cccs2)[o+]2cccc21. The van der Waals surface area contributed by atoms with E-state index in [-0.39, 0.29) is 0 Å². The summed E-state index contributed by atoms with van der Waals surface area (Å²) >= 11 is 5.50. The lowest BCUT2D eigenvalue weighted by molar-refractivity contribution is 0.378. The third-order valence-electron chi connectivity index (χ3n) is 4.57. The topological polar surface area (TPSA) is 2.70 Å². The second-order valence-electron chi connectivity index (χ2n) is 5.66. The molecule has 4 aromatic heterocycles. The molecule has 0 unspecified atom stereocenters. The average Bonchev–Trinajstić information content (AvgIpc) is 3.35. The summed E-state index contributed by atoms with van der Waals surface area (Å²) in [6.07, 6.45) is 3.32. The van der Waals surface area contributed by atoms with Crippen LogP contribution in [0.2, 0.25) is 0 Å². The Morgan fingerprint density at radius 3 is 2.04 bits per heavy atom. The molecule has 0 amide bonds. The van der Waals surface area contributed by atoms with Gasteiger partial charge in [0.05, 0.1) is 0 Å². The fourth-order valence-corrected chi connectivity index (χ4v) is 6.62. The van der Waals surface area contributed by atoms with Crippen LogP contribution in [0.15, 0.2) is 74.9 Å². The summed E-state index contributed by atoms with van der Waals surface area (Å²) in [6.45, 7) is 0. The van der Waals surface area contributed by atoms with Crippen LogP contribution in [0, 0.1) is 0 Å². The molecule has 1 nitrogen and oxygen atoms in total. The summed E-state index contributed by atoms with van der Waals surface area (Å²) in [7, 11) is 0. The van der Waals surface area contributed by atoms with Gasteiger partial charge in [-0.25, -0.2) is 0 Å². The third kappa shape index (κ3) is 1.78. The van der Waals surface area contributed by atoms with Gasteiger partial charge in [-0.2, -0.15) is 22.7 Å². The van der Waals surface area contributed by atoms with E-state index in [1.165, 1.54) is 25.7 Å². The van der Waals surface area contributed by atoms with Crippen LogP contribution < -0.4 is 9.55 Å². The molecule has 1 aliphatic heterocycles. The minimum atomic E-state index is -1.18. The predicted octanol–water partition coefficient (Wildman–Crippen LogP) is 4.85. The molecule has 0 saturated carbocycles. The van der Waals surface area contributed by atoms with Gasteiger partial charge in [0.2, 0.25) is 0 Å². The largest absolute Gasteiger partial charge is 0.776 e. The Kier molecular flexibility index (Phi) is 3.01. The highest BCUT2D eigenvalue weighted by molar-refractivity contribution is 7.40. The molecule has 0 radical (unpaired) electrons. The quantitative estimate of drug-likeness (QED) is 0.366. The van der Waals surface area contributed by atoms with Crippen LogP contribution in [0.25, 0.3) is 11.5 Å². The first kappa shape index (κ1) is 13.6. The van der Waals surface area contributed by atoms with Crippen LogP contribution in [0.1, 0.15) is 10.6 Å². The van der Waals surface area contributed by atoms with Gasteiger partial charge in [0.25, 0.3) is 0 Å². The number of furan rings is 1. The van der Waals surface area contributed by atoms with Gasteiger partial charge < -0.3 is 3.96 Å². The zero-order valence-corrected chi connectivity index (χ0v) is 14.7. The van der Waals surface area contributed by atoms with E-state index >= 15 is 0 Å². The normalized spacial score (nSPS) is 15.6. The lowest BCUT2D eigenvalue weighted by Crippen LogP contribution is -2.57. The molecule has 23 heavy (non-hydrogen) atoms. The van der Waals surface area contributed by atoms with Gasteiger partial charge in [0.1, 0.15) is 0 Å². The fraction of sp³-hybridized carbons (Fsp3) is 0. The highest BCUT2D eigenvalue weighted by Gasteiger charge is 2.51. The molecule has 112 valence electrons. The average molecular weight is 352 g/mol. The van der Waals surface area contributed by atoms with Gasteiger partial charge in [-0.3, -0.25) is 0 Å². The van der Waals surface area contributed by atoms with E-state index in [4.69, 9.17) is 0 Å². The second kappa shape index (κ2) is 5.10. The molecule has 0 aromatic carbocycles. The predicted molar refractivity (Wildman–Crippen MR) is 105 cm³/mol. The maximum Gasteiger partial charge on any atom is 0.440 e. The smallest absolute Gasteiger partial charge is 0.440 e. The van der Waals surface area contributed by atoms with Crippen LogP contribution in [-0.4, -0.2) is 6.35 Å². The van der Waals surface area contributed by atoms with Crippen molar-refractivity contribution in [3.05, 3.63) is 81.6 Å². The maximum absolute atomic E-state index is 3.50. The number of thiophene rings is 3. The van der Waals surface area contributed by atoms with E-state index in [1.807, 2.05) is 34.0 Å². The minimum Gasteiger partial charge on any atom is -0.776 e. The van der Waals surface area contributed by atoms with Crippen molar-refractivity contribution in [2.24, 2.45) is 0 Å². The molecular weight excluding hydrogens is 339 g/mol. The standard InChI is InChI=1S/C18H13BOS3/c1-5-14-13-15(16-6-2-10-21-16)19(20(14)9-1,17-7-3-11-22-17)18-8-4-12-23-18/h1-13H. The fourth-order valence-electron chi connectivity index (χ4n) is 3.68. The summed E-state index contributed by atoms with van der Waals surface area (Å²) in [4.78, 5) is 1.35. The molecule has 0 spiro atoms. The van der Waals surface area contributed by atoms with Crippen molar-refractivity contribution < 1.29 is 3.96 Å². The van der Waals surface area contributed by atoms with Crippen LogP contribution in [0.5, 0.6) is 0 Å². The van der Waals surface area contributed by atoms with E-state index < -0.39 is 6.35 Å². The number of rotatable bonds is 3. The van der Waals surface area contributed by atoms with E-state index in [0.717, 1.165) is 0 Å². The van der Waals surface area contributed by atoms with Crippen LogP contribution in [0.4, 0.5) is 0 Å². The molecule has 0 saturated heterocycles. The molecular formula is C18H13BOS3. The molecule has 0 bridgehead atoms. The second-order valence-corrected chi connectivity index (χ2v) is 8.57. The first-order valence-corrected chi connectivity index (χ1v) is 10.1. The van der Waals surface area contributed by atoms with Crippen molar-refractivity contribution in [2.45, 2.75) is 0 Å². The Bertz CT molecular complexity index is 926. The zero-order chi connectivity index (χ0) is 15.3. The maximum atomic E-state index is 3.50. The molecule has 0 aliphatic carbocycles. The third-order valence-corrected chi connectivity index (χ3v) is 7.55. The number of fused-ring (bicyclic) bond motifs is 1. The molecule has 1 aliphatic rings. The Balaban J connectivity index is 1.90. The van der Waals surface area contributed by atoms with Crippen molar-refractivity contribution in [3.8, 4) is 0 Å². The van der Waals surface area contributed by atoms with Gasteiger partial charge in [0, 0.05) is 23.1 Å². The van der Waals surface area contributed by atoms with Gasteiger partial charge >= 0.3 is 6.35 Å². The van der Waals surface area contributed by atoms with Crippen LogP contribution in [0.3, 0.4) is 0 Å². The molecule has 0 fully saturated rings. The first-order valence-electron chi connectivity index (χ1n) is 7.51. The lowest BCUT2D eigenvalue weighted by Gasteiger charge is -2.36. The van der Waals surface area contributed by atoms with E-state index in [9.17, 15) is 0 Å². The van der Waals surface area contributed by atoms with Crippen LogP contribution >= 0.6 is 34.0 Å². The molecule has 4 aromatic rings. The molecule has 5 heteroatoms. The van der Waals surface area contributed by atoms with E-state index in [1.54, 1.807) is 0 Å². The monoisotopic (exact) mass is 352 g/mol. The minimum absolute atomic E-state index is 1.18. The van der Waals surface area contributed by atoms with Gasteiger partial charge in [-0.15, -0.1) is 11.3 Å². The molecule has 5 rings (SSSR count). The van der Waals surface area contributed by atoms with Gasteiger partial charge in [-0.05, 0) is 31.8 Å². The lowest BCUT2D eigenvalue weighted by atomic mass is 9.33. The molecule has 0 N–H and O–H groups in total. The van der Waals surface area contributed by atoms with Crippen molar-refractivity contribution >= 4 is 61.5 Å². The summed E-state index contributed by atoms with van der Waals surface area (Å²) in [6, 6.07) is 17.5. The zero-order valence-electron chi connectivity index (χ0n) is 12.2. The van der Waals surface area contributed by atoms with Gasteiger partial charge in [0.15, 0.2) is 12.0 Å². The Hall–Kier alpha value is -1.82. The molecule has 0 atom stereocenters. The summed E-state index contributed by atoms with van der Waals surface area (Å²) in [5.74, 6) is 1.22. The highest BCUT2D eigenvalue weighted by atomic mass is 32.1. The van der Waals surface area contributed by atoms with Crippen molar-refractivity contribution in [2.75, 3.05) is 0 Å². The summed E-state index contributed by atoms with van der Waals surface area (Å²) < 4.78 is 6.29. The van der Waals surface area contributed by atoms with Crippen molar-refractivity contribution in [3.63, 3.8) is 0 Å². The van der Waals surface area contributed by atoms with Crippen molar-refractivity contribution in [1.82, 2.24) is 0 Å². The highest BCUT2D eigenvalue weighted by Crippen LogP contribution is 2.44. The number of hydrogen-bond acceptors (Lipinski definition) is 3. The molecule has 5 heterocycles. The number of hydrogen-bond donors (Lipinski definition) is 0.